The molecule has 0 fully saturated rings. The average molecular weight is 366 g/mol. The van der Waals surface area contributed by atoms with Gasteiger partial charge in [0.1, 0.15) is 13.2 Å². The van der Waals surface area contributed by atoms with E-state index >= 15 is 0 Å². The van der Waals surface area contributed by atoms with Crippen LogP contribution in [0.3, 0.4) is 0 Å². The van der Waals surface area contributed by atoms with Crippen LogP contribution in [0.15, 0.2) is 36.4 Å². The van der Waals surface area contributed by atoms with E-state index in [1.807, 2.05) is 25.1 Å². The van der Waals surface area contributed by atoms with Gasteiger partial charge in [0.25, 0.3) is 0 Å². The van der Waals surface area contributed by atoms with Crippen molar-refractivity contribution in [2.75, 3.05) is 13.2 Å². The van der Waals surface area contributed by atoms with Gasteiger partial charge in [0.05, 0.1) is 22.5 Å². The molecule has 1 heterocycles. The molecule has 2 aromatic rings. The number of rotatable bonds is 4. The molecule has 2 aromatic carbocycles. The molecular formula is C18H17Cl2NO3. The van der Waals surface area contributed by atoms with Crippen molar-refractivity contribution >= 4 is 29.1 Å². The Hall–Kier alpha value is -1.91. The SMILES string of the molecule is C[C@H](NC(=O)Cc1ccc(Cl)c(Cl)c1)c1ccc2c(c1)OCCO2. The molecule has 0 radical (unpaired) electrons. The van der Waals surface area contributed by atoms with Crippen molar-refractivity contribution in [2.24, 2.45) is 0 Å². The number of hydrogen-bond donors (Lipinski definition) is 1. The van der Waals surface area contributed by atoms with Crippen molar-refractivity contribution in [1.29, 1.82) is 0 Å². The van der Waals surface area contributed by atoms with Crippen LogP contribution in [0.4, 0.5) is 0 Å². The standard InChI is InChI=1S/C18H17Cl2NO3/c1-11(13-3-5-16-17(10-13)24-7-6-23-16)21-18(22)9-12-2-4-14(19)15(20)8-12/h2-5,8,10-11H,6-7,9H2,1H3,(H,21,22)/t11-/m0/s1. The summed E-state index contributed by atoms with van der Waals surface area (Å²) < 4.78 is 11.1. The fourth-order valence-corrected chi connectivity index (χ4v) is 2.86. The molecule has 0 saturated carbocycles. The molecule has 4 nitrogen and oxygen atoms in total. The molecule has 1 aliphatic heterocycles. The van der Waals surface area contributed by atoms with Crippen LogP contribution >= 0.6 is 23.2 Å². The minimum Gasteiger partial charge on any atom is -0.486 e. The molecule has 0 aromatic heterocycles. The second-order valence-corrected chi connectivity index (χ2v) is 6.43. The normalized spacial score (nSPS) is 14.1. The number of nitrogens with one attached hydrogen (secondary N) is 1. The Balaban J connectivity index is 1.64. The summed E-state index contributed by atoms with van der Waals surface area (Å²) in [7, 11) is 0. The van der Waals surface area contributed by atoms with Crippen molar-refractivity contribution in [3.05, 3.63) is 57.6 Å². The average Bonchev–Trinajstić information content (AvgIpc) is 2.57. The maximum atomic E-state index is 12.2. The highest BCUT2D eigenvalue weighted by Crippen LogP contribution is 2.32. The summed E-state index contributed by atoms with van der Waals surface area (Å²) in [5.74, 6) is 1.36. The van der Waals surface area contributed by atoms with Crippen LogP contribution in [0.25, 0.3) is 0 Å². The number of ether oxygens (including phenoxy) is 2. The quantitative estimate of drug-likeness (QED) is 0.883. The first kappa shape index (κ1) is 16.9. The third kappa shape index (κ3) is 3.94. The van der Waals surface area contributed by atoms with E-state index < -0.39 is 0 Å². The van der Waals surface area contributed by atoms with Gasteiger partial charge in [0, 0.05) is 0 Å². The first-order valence-corrected chi connectivity index (χ1v) is 8.41. The smallest absolute Gasteiger partial charge is 0.224 e. The molecule has 1 atom stereocenters. The molecule has 24 heavy (non-hydrogen) atoms. The molecule has 6 heteroatoms. The predicted molar refractivity (Wildman–Crippen MR) is 94.2 cm³/mol. The summed E-state index contributed by atoms with van der Waals surface area (Å²) in [5, 5.41) is 3.90. The van der Waals surface area contributed by atoms with Gasteiger partial charge in [0.15, 0.2) is 11.5 Å². The highest BCUT2D eigenvalue weighted by molar-refractivity contribution is 6.42. The number of halogens is 2. The van der Waals surface area contributed by atoms with Crippen LogP contribution in [0.2, 0.25) is 10.0 Å². The molecule has 0 unspecified atom stereocenters. The van der Waals surface area contributed by atoms with Crippen molar-refractivity contribution < 1.29 is 14.3 Å². The summed E-state index contributed by atoms with van der Waals surface area (Å²) in [6, 6.07) is 10.7. The molecular weight excluding hydrogens is 349 g/mol. The summed E-state index contributed by atoms with van der Waals surface area (Å²) in [4.78, 5) is 12.2. The fraction of sp³-hybridized carbons (Fsp3) is 0.278. The Morgan fingerprint density at radius 2 is 1.83 bits per heavy atom. The molecule has 1 N–H and O–H groups in total. The second kappa shape index (κ2) is 7.32. The highest BCUT2D eigenvalue weighted by Gasteiger charge is 2.16. The van der Waals surface area contributed by atoms with Crippen molar-refractivity contribution in [2.45, 2.75) is 19.4 Å². The third-order valence-electron chi connectivity index (χ3n) is 3.79. The Kier molecular flexibility index (Phi) is 5.17. The van der Waals surface area contributed by atoms with Gasteiger partial charge in [-0.1, -0.05) is 35.3 Å². The van der Waals surface area contributed by atoms with Gasteiger partial charge in [-0.25, -0.2) is 0 Å². The van der Waals surface area contributed by atoms with Gasteiger partial charge in [-0.2, -0.15) is 0 Å². The van der Waals surface area contributed by atoms with Crippen LogP contribution in [-0.2, 0) is 11.2 Å². The van der Waals surface area contributed by atoms with Gasteiger partial charge >= 0.3 is 0 Å². The Morgan fingerprint density at radius 3 is 2.58 bits per heavy atom. The molecule has 3 rings (SSSR count). The number of carbonyl (C=O) groups excluding carboxylic acids is 1. The second-order valence-electron chi connectivity index (χ2n) is 5.62. The molecule has 0 aliphatic carbocycles. The molecule has 126 valence electrons. The van der Waals surface area contributed by atoms with E-state index in [9.17, 15) is 4.79 Å². The van der Waals surface area contributed by atoms with E-state index in [4.69, 9.17) is 32.7 Å². The maximum Gasteiger partial charge on any atom is 0.224 e. The Bertz CT molecular complexity index is 764. The molecule has 0 spiro atoms. The zero-order valence-corrected chi connectivity index (χ0v) is 14.7. The summed E-state index contributed by atoms with van der Waals surface area (Å²) in [6.45, 7) is 3.02. The molecule has 1 aliphatic rings. The van der Waals surface area contributed by atoms with Crippen molar-refractivity contribution in [3.63, 3.8) is 0 Å². The lowest BCUT2D eigenvalue weighted by atomic mass is 10.1. The monoisotopic (exact) mass is 365 g/mol. The lowest BCUT2D eigenvalue weighted by Gasteiger charge is -2.21. The molecule has 1 amide bonds. The van der Waals surface area contributed by atoms with Gasteiger partial charge in [-0.3, -0.25) is 4.79 Å². The van der Waals surface area contributed by atoms with Crippen LogP contribution in [0, 0.1) is 0 Å². The number of fused-ring (bicyclic) bond motifs is 1. The van der Waals surface area contributed by atoms with E-state index in [2.05, 4.69) is 5.32 Å². The lowest BCUT2D eigenvalue weighted by molar-refractivity contribution is -0.121. The van der Waals surface area contributed by atoms with Crippen LogP contribution in [0.5, 0.6) is 11.5 Å². The van der Waals surface area contributed by atoms with Gasteiger partial charge < -0.3 is 14.8 Å². The van der Waals surface area contributed by atoms with Crippen molar-refractivity contribution in [3.8, 4) is 11.5 Å². The number of hydrogen-bond acceptors (Lipinski definition) is 3. The Labute approximate surface area is 150 Å². The van der Waals surface area contributed by atoms with E-state index in [0.29, 0.717) is 29.0 Å². The minimum atomic E-state index is -0.143. The Morgan fingerprint density at radius 1 is 1.08 bits per heavy atom. The lowest BCUT2D eigenvalue weighted by Crippen LogP contribution is -2.28. The number of benzene rings is 2. The highest BCUT2D eigenvalue weighted by atomic mass is 35.5. The largest absolute Gasteiger partial charge is 0.486 e. The van der Waals surface area contributed by atoms with Crippen LogP contribution in [-0.4, -0.2) is 19.1 Å². The van der Waals surface area contributed by atoms with E-state index in [-0.39, 0.29) is 18.4 Å². The minimum absolute atomic E-state index is 0.0872. The van der Waals surface area contributed by atoms with Gasteiger partial charge in [-0.15, -0.1) is 0 Å². The van der Waals surface area contributed by atoms with Gasteiger partial charge in [0.2, 0.25) is 5.91 Å². The number of amides is 1. The van der Waals surface area contributed by atoms with Crippen LogP contribution in [0.1, 0.15) is 24.1 Å². The van der Waals surface area contributed by atoms with Gasteiger partial charge in [-0.05, 0) is 42.3 Å². The summed E-state index contributed by atoms with van der Waals surface area (Å²) >= 11 is 11.9. The zero-order chi connectivity index (χ0) is 17.1. The summed E-state index contributed by atoms with van der Waals surface area (Å²) in [6.07, 6.45) is 0.242. The molecule has 0 bridgehead atoms. The number of carbonyl (C=O) groups is 1. The van der Waals surface area contributed by atoms with E-state index in [1.165, 1.54) is 0 Å². The topological polar surface area (TPSA) is 47.6 Å². The zero-order valence-electron chi connectivity index (χ0n) is 13.1. The predicted octanol–water partition coefficient (Wildman–Crippen LogP) is 4.18. The van der Waals surface area contributed by atoms with E-state index in [1.54, 1.807) is 18.2 Å². The van der Waals surface area contributed by atoms with Crippen LogP contribution < -0.4 is 14.8 Å². The van der Waals surface area contributed by atoms with Crippen molar-refractivity contribution in [1.82, 2.24) is 5.32 Å². The third-order valence-corrected chi connectivity index (χ3v) is 4.53. The summed E-state index contributed by atoms with van der Waals surface area (Å²) in [5.41, 5.74) is 1.78. The first-order chi connectivity index (χ1) is 11.5. The maximum absolute atomic E-state index is 12.2. The molecule has 0 saturated heterocycles. The first-order valence-electron chi connectivity index (χ1n) is 7.66. The van der Waals surface area contributed by atoms with E-state index in [0.717, 1.165) is 16.9 Å². The fourth-order valence-electron chi connectivity index (χ4n) is 2.54.